The van der Waals surface area contributed by atoms with Gasteiger partial charge in [0.25, 0.3) is 0 Å². The summed E-state index contributed by atoms with van der Waals surface area (Å²) in [6.45, 7) is 0. The minimum absolute atomic E-state index is 0.0669. The first-order chi connectivity index (χ1) is 13.3. The summed E-state index contributed by atoms with van der Waals surface area (Å²) in [6.07, 6.45) is -0.0705. The molecule has 3 rings (SSSR count). The maximum atomic E-state index is 13.1. The van der Waals surface area contributed by atoms with Gasteiger partial charge in [-0.15, -0.1) is 11.8 Å². The molecule has 1 atom stereocenters. The summed E-state index contributed by atoms with van der Waals surface area (Å²) in [5.74, 6) is -3.26. The predicted octanol–water partition coefficient (Wildman–Crippen LogP) is 1.19. The van der Waals surface area contributed by atoms with Gasteiger partial charge in [0.1, 0.15) is 5.82 Å². The van der Waals surface area contributed by atoms with E-state index < -0.39 is 34.8 Å². The minimum Gasteiger partial charge on any atom is -0.545 e. The summed E-state index contributed by atoms with van der Waals surface area (Å²) in [5, 5.41) is 12.6. The van der Waals surface area contributed by atoms with Crippen molar-refractivity contribution in [3.05, 3.63) is 59.9 Å². The summed E-state index contributed by atoms with van der Waals surface area (Å²) in [6, 6.07) is 10.6. The van der Waals surface area contributed by atoms with Gasteiger partial charge in [-0.05, 0) is 35.9 Å². The number of carboxylic acid groups (broad SMARTS) is 1. The van der Waals surface area contributed by atoms with Crippen LogP contribution in [-0.2, 0) is 14.4 Å². The third-order valence-corrected chi connectivity index (χ3v) is 5.19. The van der Waals surface area contributed by atoms with E-state index in [4.69, 9.17) is 0 Å². The van der Waals surface area contributed by atoms with Crippen LogP contribution in [0.4, 0.5) is 15.8 Å². The number of hydrogen-bond donors (Lipinski definition) is 1. The Hall–Kier alpha value is -3.20. The molecular weight excluding hydrogens is 387 g/mol. The van der Waals surface area contributed by atoms with Gasteiger partial charge in [0.2, 0.25) is 17.7 Å². The van der Waals surface area contributed by atoms with E-state index in [0.29, 0.717) is 5.69 Å². The highest BCUT2D eigenvalue weighted by atomic mass is 32.2. The smallest absolute Gasteiger partial charge is 0.247 e. The summed E-state index contributed by atoms with van der Waals surface area (Å²) < 4.78 is 13.1. The molecular formula is C19H14FN2O5S-. The van der Waals surface area contributed by atoms with E-state index in [1.165, 1.54) is 48.5 Å². The van der Waals surface area contributed by atoms with Crippen LogP contribution in [0.15, 0.2) is 48.5 Å². The monoisotopic (exact) mass is 401 g/mol. The Bertz CT molecular complexity index is 948. The van der Waals surface area contributed by atoms with Crippen molar-refractivity contribution in [1.82, 2.24) is 0 Å². The number of carbonyl (C=O) groups excluding carboxylic acids is 4. The number of anilines is 2. The molecule has 0 saturated carbocycles. The standard InChI is InChI=1S/C19H15FN2O5S/c20-12-2-1-3-13(8-12)21-16(23)10-28-15-9-17(24)22(18(15)25)14-6-4-11(5-7-14)19(26)27/h1-8,15H,9-10H2,(H,21,23)(H,26,27)/p-1/t15-/m1/s1. The zero-order valence-corrected chi connectivity index (χ0v) is 15.2. The SMILES string of the molecule is O=C(CS[C@@H]1CC(=O)N(c2ccc(C(=O)[O-])cc2)C1=O)Nc1cccc(F)c1. The Morgan fingerprint density at radius 2 is 1.89 bits per heavy atom. The first-order valence-electron chi connectivity index (χ1n) is 8.20. The predicted molar refractivity (Wildman–Crippen MR) is 99.2 cm³/mol. The first kappa shape index (κ1) is 19.6. The van der Waals surface area contributed by atoms with Crippen molar-refractivity contribution in [2.75, 3.05) is 16.0 Å². The second-order valence-corrected chi connectivity index (χ2v) is 7.16. The second kappa shape index (κ2) is 8.22. The lowest BCUT2D eigenvalue weighted by Gasteiger charge is -2.15. The molecule has 0 aliphatic carbocycles. The third-order valence-electron chi connectivity index (χ3n) is 3.99. The average molecular weight is 401 g/mol. The fourth-order valence-corrected chi connectivity index (χ4v) is 3.62. The largest absolute Gasteiger partial charge is 0.545 e. The summed E-state index contributed by atoms with van der Waals surface area (Å²) >= 11 is 1.01. The van der Waals surface area contributed by atoms with Crippen molar-refractivity contribution in [2.45, 2.75) is 11.7 Å². The molecule has 1 heterocycles. The number of hydrogen-bond acceptors (Lipinski definition) is 6. The molecule has 1 saturated heterocycles. The van der Waals surface area contributed by atoms with E-state index >= 15 is 0 Å². The van der Waals surface area contributed by atoms with Crippen LogP contribution in [0.2, 0.25) is 0 Å². The van der Waals surface area contributed by atoms with Gasteiger partial charge in [0.05, 0.1) is 22.7 Å². The normalized spacial score (nSPS) is 16.3. The summed E-state index contributed by atoms with van der Waals surface area (Å²) in [7, 11) is 0. The Balaban J connectivity index is 1.60. The molecule has 1 aliphatic heterocycles. The number of benzene rings is 2. The fourth-order valence-electron chi connectivity index (χ4n) is 2.69. The number of thioether (sulfide) groups is 1. The minimum atomic E-state index is -1.36. The molecule has 2 aromatic carbocycles. The molecule has 1 N–H and O–H groups in total. The van der Waals surface area contributed by atoms with Gasteiger partial charge in [-0.2, -0.15) is 0 Å². The molecule has 9 heteroatoms. The van der Waals surface area contributed by atoms with Gasteiger partial charge in [0.15, 0.2) is 0 Å². The zero-order valence-electron chi connectivity index (χ0n) is 14.4. The molecule has 0 unspecified atom stereocenters. The van der Waals surface area contributed by atoms with E-state index in [2.05, 4.69) is 5.32 Å². The molecule has 0 spiro atoms. The van der Waals surface area contributed by atoms with E-state index in [-0.39, 0.29) is 23.4 Å². The highest BCUT2D eigenvalue weighted by molar-refractivity contribution is 8.01. The number of carboxylic acids is 1. The molecule has 1 aliphatic rings. The van der Waals surface area contributed by atoms with Crippen LogP contribution in [0.3, 0.4) is 0 Å². The fraction of sp³-hybridized carbons (Fsp3) is 0.158. The van der Waals surface area contributed by atoms with Crippen molar-refractivity contribution in [2.24, 2.45) is 0 Å². The van der Waals surface area contributed by atoms with Crippen LogP contribution >= 0.6 is 11.8 Å². The topological polar surface area (TPSA) is 107 Å². The second-order valence-electron chi connectivity index (χ2n) is 5.96. The number of rotatable bonds is 6. The van der Waals surface area contributed by atoms with Crippen molar-refractivity contribution in [3.8, 4) is 0 Å². The maximum absolute atomic E-state index is 13.1. The number of aromatic carboxylic acids is 1. The number of amides is 3. The molecule has 1 fully saturated rings. The van der Waals surface area contributed by atoms with Crippen molar-refractivity contribution >= 4 is 46.8 Å². The molecule has 28 heavy (non-hydrogen) atoms. The van der Waals surface area contributed by atoms with Crippen molar-refractivity contribution in [1.29, 1.82) is 0 Å². The Kier molecular flexibility index (Phi) is 5.74. The number of nitrogens with zero attached hydrogens (tertiary/aromatic N) is 1. The molecule has 3 amide bonds. The summed E-state index contributed by atoms with van der Waals surface area (Å²) in [4.78, 5) is 48.5. The van der Waals surface area contributed by atoms with Gasteiger partial charge in [-0.1, -0.05) is 18.2 Å². The van der Waals surface area contributed by atoms with Crippen molar-refractivity contribution < 1.29 is 28.7 Å². The molecule has 0 radical (unpaired) electrons. The average Bonchev–Trinajstić information content (AvgIpc) is 2.93. The van der Waals surface area contributed by atoms with Gasteiger partial charge in [0, 0.05) is 12.1 Å². The maximum Gasteiger partial charge on any atom is 0.247 e. The van der Waals surface area contributed by atoms with E-state index in [0.717, 1.165) is 16.7 Å². The van der Waals surface area contributed by atoms with Crippen LogP contribution in [0.5, 0.6) is 0 Å². The lowest BCUT2D eigenvalue weighted by atomic mass is 10.2. The Morgan fingerprint density at radius 1 is 1.18 bits per heavy atom. The molecule has 7 nitrogen and oxygen atoms in total. The highest BCUT2D eigenvalue weighted by Crippen LogP contribution is 2.30. The van der Waals surface area contributed by atoms with Gasteiger partial charge in [-0.25, -0.2) is 9.29 Å². The Morgan fingerprint density at radius 3 is 2.54 bits per heavy atom. The van der Waals surface area contributed by atoms with E-state index in [1.807, 2.05) is 0 Å². The number of halogens is 1. The quantitative estimate of drug-likeness (QED) is 0.729. The van der Waals surface area contributed by atoms with Gasteiger partial charge in [-0.3, -0.25) is 14.4 Å². The first-order valence-corrected chi connectivity index (χ1v) is 9.25. The number of imide groups is 1. The van der Waals surface area contributed by atoms with Crippen LogP contribution in [-0.4, -0.2) is 34.7 Å². The van der Waals surface area contributed by atoms with E-state index in [1.54, 1.807) is 0 Å². The number of carbonyl (C=O) groups is 4. The van der Waals surface area contributed by atoms with Crippen LogP contribution in [0, 0.1) is 5.82 Å². The highest BCUT2D eigenvalue weighted by Gasteiger charge is 2.40. The van der Waals surface area contributed by atoms with Gasteiger partial charge < -0.3 is 15.2 Å². The Labute approximate surface area is 163 Å². The number of nitrogens with one attached hydrogen (secondary N) is 1. The zero-order chi connectivity index (χ0) is 20.3. The van der Waals surface area contributed by atoms with E-state index in [9.17, 15) is 28.7 Å². The molecule has 2 aromatic rings. The summed E-state index contributed by atoms with van der Waals surface area (Å²) in [5.41, 5.74) is 0.490. The van der Waals surface area contributed by atoms with Crippen molar-refractivity contribution in [3.63, 3.8) is 0 Å². The lowest BCUT2D eigenvalue weighted by molar-refractivity contribution is -0.255. The van der Waals surface area contributed by atoms with Crippen LogP contribution in [0.25, 0.3) is 0 Å². The molecule has 144 valence electrons. The lowest BCUT2D eigenvalue weighted by Crippen LogP contribution is -2.31. The van der Waals surface area contributed by atoms with Crippen LogP contribution < -0.4 is 15.3 Å². The molecule has 0 aromatic heterocycles. The molecule has 0 bridgehead atoms. The van der Waals surface area contributed by atoms with Crippen LogP contribution in [0.1, 0.15) is 16.8 Å². The van der Waals surface area contributed by atoms with Gasteiger partial charge >= 0.3 is 0 Å². The third kappa shape index (κ3) is 4.37.